The summed E-state index contributed by atoms with van der Waals surface area (Å²) < 4.78 is 10.9. The van der Waals surface area contributed by atoms with Gasteiger partial charge in [0, 0.05) is 28.9 Å². The van der Waals surface area contributed by atoms with Crippen molar-refractivity contribution in [1.82, 2.24) is 5.32 Å². The van der Waals surface area contributed by atoms with E-state index in [0.29, 0.717) is 27.8 Å². The fraction of sp³-hybridized carbons (Fsp3) is 0.200. The molecule has 0 aromatic heterocycles. The maximum atomic E-state index is 13.2. The molecule has 162 valence electrons. The summed E-state index contributed by atoms with van der Waals surface area (Å²) in [4.78, 5) is 25.2. The van der Waals surface area contributed by atoms with Gasteiger partial charge in [0.05, 0.1) is 5.41 Å². The third-order valence-electron chi connectivity index (χ3n) is 6.00. The highest BCUT2D eigenvalue weighted by Gasteiger charge is 2.51. The Labute approximate surface area is 190 Å². The molecule has 1 saturated carbocycles. The smallest absolute Gasteiger partial charge is 0.251 e. The molecule has 0 saturated heterocycles. The van der Waals surface area contributed by atoms with E-state index in [0.717, 1.165) is 29.5 Å². The van der Waals surface area contributed by atoms with Crippen molar-refractivity contribution < 1.29 is 19.1 Å². The van der Waals surface area contributed by atoms with Crippen molar-refractivity contribution in [2.24, 2.45) is 0 Å². The van der Waals surface area contributed by atoms with E-state index >= 15 is 0 Å². The minimum absolute atomic E-state index is 0.0660. The van der Waals surface area contributed by atoms with Crippen molar-refractivity contribution >= 4 is 29.1 Å². The Morgan fingerprint density at radius 2 is 1.78 bits per heavy atom. The summed E-state index contributed by atoms with van der Waals surface area (Å²) >= 11 is 6.45. The molecule has 1 heterocycles. The molecule has 2 aliphatic rings. The van der Waals surface area contributed by atoms with Gasteiger partial charge in [-0.3, -0.25) is 9.59 Å². The summed E-state index contributed by atoms with van der Waals surface area (Å²) in [6.45, 7) is 0.201. The second-order valence-corrected chi connectivity index (χ2v) is 8.37. The van der Waals surface area contributed by atoms with Crippen LogP contribution in [0.3, 0.4) is 0 Å². The molecule has 3 aromatic rings. The standard InChI is InChI=1S/C25H21ClN2O4/c1-27-23(29)16-4-2-3-15(11-16)19-13-18(6-7-20(19)26)28-24(30)25(9-10-25)17-5-8-21-22(12-17)32-14-31-21/h2-8,11-13H,9-10,14H2,1H3,(H,27,29)(H,28,30). The summed E-state index contributed by atoms with van der Waals surface area (Å²) in [5, 5.41) is 6.20. The van der Waals surface area contributed by atoms with Crippen LogP contribution in [0, 0.1) is 0 Å². The first-order valence-corrected chi connectivity index (χ1v) is 10.7. The van der Waals surface area contributed by atoms with Crippen molar-refractivity contribution in [3.8, 4) is 22.6 Å². The fourth-order valence-corrected chi connectivity index (χ4v) is 4.24. The van der Waals surface area contributed by atoms with Crippen LogP contribution in [0.15, 0.2) is 60.7 Å². The van der Waals surface area contributed by atoms with Gasteiger partial charge >= 0.3 is 0 Å². The topological polar surface area (TPSA) is 76.7 Å². The predicted octanol–water partition coefficient (Wildman–Crippen LogP) is 4.77. The van der Waals surface area contributed by atoms with Gasteiger partial charge in [-0.25, -0.2) is 0 Å². The average molecular weight is 449 g/mol. The van der Waals surface area contributed by atoms with Crippen molar-refractivity contribution in [3.63, 3.8) is 0 Å². The predicted molar refractivity (Wildman–Crippen MR) is 122 cm³/mol. The lowest BCUT2D eigenvalue weighted by molar-refractivity contribution is -0.118. The van der Waals surface area contributed by atoms with Gasteiger partial charge in [0.15, 0.2) is 11.5 Å². The molecule has 5 rings (SSSR count). The van der Waals surface area contributed by atoms with Crippen LogP contribution >= 0.6 is 11.6 Å². The molecule has 2 amide bonds. The summed E-state index contributed by atoms with van der Waals surface area (Å²) in [5.74, 6) is 1.13. The SMILES string of the molecule is CNC(=O)c1cccc(-c2cc(NC(=O)C3(c4ccc5c(c4)OCO5)CC3)ccc2Cl)c1. The number of benzene rings is 3. The average Bonchev–Trinajstić information content (AvgIpc) is 3.50. The second kappa shape index (κ2) is 7.88. The molecule has 1 fully saturated rings. The van der Waals surface area contributed by atoms with Crippen molar-refractivity contribution in [2.45, 2.75) is 18.3 Å². The first kappa shape index (κ1) is 20.4. The lowest BCUT2D eigenvalue weighted by Gasteiger charge is -2.17. The van der Waals surface area contributed by atoms with E-state index in [9.17, 15) is 9.59 Å². The quantitative estimate of drug-likeness (QED) is 0.589. The zero-order valence-electron chi connectivity index (χ0n) is 17.4. The minimum Gasteiger partial charge on any atom is -0.454 e. The Morgan fingerprint density at radius 3 is 2.56 bits per heavy atom. The lowest BCUT2D eigenvalue weighted by Crippen LogP contribution is -2.27. The first-order chi connectivity index (χ1) is 15.5. The number of carbonyl (C=O) groups is 2. The zero-order valence-corrected chi connectivity index (χ0v) is 18.2. The number of fused-ring (bicyclic) bond motifs is 1. The van der Waals surface area contributed by atoms with Crippen LogP contribution in [0.4, 0.5) is 5.69 Å². The molecule has 6 nitrogen and oxygen atoms in total. The normalized spacial score (nSPS) is 15.2. The highest BCUT2D eigenvalue weighted by Crippen LogP contribution is 2.51. The summed E-state index contributed by atoms with van der Waals surface area (Å²) in [6, 6.07) is 18.2. The maximum absolute atomic E-state index is 13.2. The zero-order chi connectivity index (χ0) is 22.3. The molecule has 0 radical (unpaired) electrons. The summed E-state index contributed by atoms with van der Waals surface area (Å²) in [7, 11) is 1.59. The van der Waals surface area contributed by atoms with Crippen LogP contribution in [0.5, 0.6) is 11.5 Å². The minimum atomic E-state index is -0.570. The molecular weight excluding hydrogens is 428 g/mol. The molecule has 7 heteroatoms. The van der Waals surface area contributed by atoms with Crippen molar-refractivity contribution in [2.75, 3.05) is 19.2 Å². The van der Waals surface area contributed by atoms with E-state index in [1.54, 1.807) is 37.4 Å². The fourth-order valence-electron chi connectivity index (χ4n) is 4.01. The second-order valence-electron chi connectivity index (χ2n) is 7.96. The van der Waals surface area contributed by atoms with Crippen LogP contribution < -0.4 is 20.1 Å². The Balaban J connectivity index is 1.41. The lowest BCUT2D eigenvalue weighted by atomic mass is 9.94. The van der Waals surface area contributed by atoms with Crippen molar-refractivity contribution in [1.29, 1.82) is 0 Å². The number of rotatable bonds is 5. The van der Waals surface area contributed by atoms with Crippen molar-refractivity contribution in [3.05, 3.63) is 76.8 Å². The van der Waals surface area contributed by atoms with Gasteiger partial charge in [-0.1, -0.05) is 29.8 Å². The molecule has 1 aliphatic heterocycles. The maximum Gasteiger partial charge on any atom is 0.251 e. The largest absolute Gasteiger partial charge is 0.454 e. The van der Waals surface area contributed by atoms with Gasteiger partial charge in [-0.15, -0.1) is 0 Å². The summed E-state index contributed by atoms with van der Waals surface area (Å²) in [6.07, 6.45) is 1.54. The Bertz CT molecular complexity index is 1240. The number of nitrogens with one attached hydrogen (secondary N) is 2. The summed E-state index contributed by atoms with van der Waals surface area (Å²) in [5.41, 5.74) is 3.07. The highest BCUT2D eigenvalue weighted by atomic mass is 35.5. The number of carbonyl (C=O) groups excluding carboxylic acids is 2. The third-order valence-corrected chi connectivity index (χ3v) is 6.33. The molecule has 0 bridgehead atoms. The van der Waals surface area contributed by atoms with Gasteiger partial charge in [-0.05, 0) is 66.4 Å². The van der Waals surface area contributed by atoms with E-state index in [1.807, 2.05) is 30.3 Å². The van der Waals surface area contributed by atoms with Crippen LogP contribution in [0.25, 0.3) is 11.1 Å². The molecule has 3 aromatic carbocycles. The molecule has 0 spiro atoms. The molecular formula is C25H21ClN2O4. The Kier molecular flexibility index (Phi) is 5.02. The Hall–Kier alpha value is -3.51. The highest BCUT2D eigenvalue weighted by molar-refractivity contribution is 6.33. The van der Waals surface area contributed by atoms with Gasteiger partial charge < -0.3 is 20.1 Å². The number of halogens is 1. The Morgan fingerprint density at radius 1 is 0.969 bits per heavy atom. The number of hydrogen-bond donors (Lipinski definition) is 2. The van der Waals surface area contributed by atoms with Crippen LogP contribution in [-0.4, -0.2) is 25.7 Å². The van der Waals surface area contributed by atoms with E-state index in [2.05, 4.69) is 10.6 Å². The first-order valence-electron chi connectivity index (χ1n) is 10.3. The van der Waals surface area contributed by atoms with E-state index in [-0.39, 0.29) is 18.6 Å². The number of amides is 2. The molecule has 0 atom stereocenters. The van der Waals surface area contributed by atoms with Gasteiger partial charge in [0.2, 0.25) is 12.7 Å². The number of anilines is 1. The van der Waals surface area contributed by atoms with Crippen LogP contribution in [-0.2, 0) is 10.2 Å². The van der Waals surface area contributed by atoms with Gasteiger partial charge in [-0.2, -0.15) is 0 Å². The number of hydrogen-bond acceptors (Lipinski definition) is 4. The van der Waals surface area contributed by atoms with E-state index in [4.69, 9.17) is 21.1 Å². The van der Waals surface area contributed by atoms with Crippen LogP contribution in [0.2, 0.25) is 5.02 Å². The van der Waals surface area contributed by atoms with Gasteiger partial charge in [0.1, 0.15) is 0 Å². The van der Waals surface area contributed by atoms with E-state index in [1.165, 1.54) is 0 Å². The molecule has 1 aliphatic carbocycles. The third kappa shape index (κ3) is 3.56. The monoisotopic (exact) mass is 448 g/mol. The van der Waals surface area contributed by atoms with E-state index < -0.39 is 5.41 Å². The molecule has 32 heavy (non-hydrogen) atoms. The van der Waals surface area contributed by atoms with Crippen LogP contribution in [0.1, 0.15) is 28.8 Å². The number of ether oxygens (including phenoxy) is 2. The van der Waals surface area contributed by atoms with Gasteiger partial charge in [0.25, 0.3) is 5.91 Å². The molecule has 0 unspecified atom stereocenters. The molecule has 2 N–H and O–H groups in total.